The Morgan fingerprint density at radius 3 is 2.70 bits per heavy atom. The van der Waals surface area contributed by atoms with Crippen molar-refractivity contribution in [1.82, 2.24) is 4.81 Å². The molecule has 0 aliphatic carbocycles. The van der Waals surface area contributed by atoms with Gasteiger partial charge in [-0.2, -0.15) is 0 Å². The van der Waals surface area contributed by atoms with Gasteiger partial charge in [-0.1, -0.05) is 0 Å². The summed E-state index contributed by atoms with van der Waals surface area (Å²) < 4.78 is 0. The van der Waals surface area contributed by atoms with E-state index in [2.05, 4.69) is 11.7 Å². The Morgan fingerprint density at radius 1 is 1.90 bits per heavy atom. The molecule has 2 unspecified atom stereocenters. The molecule has 1 fully saturated rings. The van der Waals surface area contributed by atoms with Crippen LogP contribution in [0.2, 0.25) is 0 Å². The lowest BCUT2D eigenvalue weighted by Gasteiger charge is -2.17. The van der Waals surface area contributed by atoms with E-state index < -0.39 is 0 Å². The van der Waals surface area contributed by atoms with Gasteiger partial charge in [-0.15, -0.1) is 0 Å². The minimum atomic E-state index is 0.109. The zero-order valence-corrected chi connectivity index (χ0v) is 6.37. The van der Waals surface area contributed by atoms with Crippen LogP contribution in [-0.2, 0) is 4.79 Å². The van der Waals surface area contributed by atoms with Gasteiger partial charge < -0.3 is 4.81 Å². The summed E-state index contributed by atoms with van der Waals surface area (Å²) in [6, 6.07) is 0.336. The van der Waals surface area contributed by atoms with Gasteiger partial charge >= 0.3 is 0 Å². The van der Waals surface area contributed by atoms with Crippen molar-refractivity contribution >= 4 is 20.6 Å². The molecule has 0 aromatic carbocycles. The van der Waals surface area contributed by atoms with Crippen molar-refractivity contribution in [2.75, 3.05) is 0 Å². The number of carbonyl (C=O) groups excluding carboxylic acids is 1. The SMILES string of the molecule is BN1C(=O)CC(N=C)C1C. The lowest BCUT2D eigenvalue weighted by atomic mass is 10.1. The quantitative estimate of drug-likeness (QED) is 0.345. The average Bonchev–Trinajstić information content (AvgIpc) is 2.17. The zero-order chi connectivity index (χ0) is 7.72. The van der Waals surface area contributed by atoms with Crippen LogP contribution < -0.4 is 0 Å². The van der Waals surface area contributed by atoms with E-state index in [1.807, 2.05) is 6.92 Å². The van der Waals surface area contributed by atoms with Gasteiger partial charge in [0.1, 0.15) is 0 Å². The third-order valence-corrected chi connectivity index (χ3v) is 2.18. The van der Waals surface area contributed by atoms with Gasteiger partial charge in [0.2, 0.25) is 13.9 Å². The Labute approximate surface area is 61.5 Å². The number of hydrogen-bond acceptors (Lipinski definition) is 2. The van der Waals surface area contributed by atoms with Crippen molar-refractivity contribution < 1.29 is 4.79 Å². The largest absolute Gasteiger partial charge is 0.389 e. The topological polar surface area (TPSA) is 32.7 Å². The molecular formula is C6H11BN2O. The lowest BCUT2D eigenvalue weighted by Crippen LogP contribution is -2.31. The molecule has 0 N–H and O–H groups in total. The fourth-order valence-corrected chi connectivity index (χ4v) is 1.20. The molecule has 1 aliphatic rings. The Balaban J connectivity index is 2.70. The van der Waals surface area contributed by atoms with Gasteiger partial charge in [-0.25, -0.2) is 0 Å². The summed E-state index contributed by atoms with van der Waals surface area (Å²) in [6.45, 7) is 5.42. The normalized spacial score (nSPS) is 32.9. The summed E-state index contributed by atoms with van der Waals surface area (Å²) >= 11 is 0. The van der Waals surface area contributed by atoms with E-state index in [-0.39, 0.29) is 18.0 Å². The molecule has 1 heterocycles. The van der Waals surface area contributed by atoms with Crippen molar-refractivity contribution in [3.63, 3.8) is 0 Å². The van der Waals surface area contributed by atoms with Crippen molar-refractivity contribution in [2.24, 2.45) is 4.99 Å². The molecule has 1 rings (SSSR count). The highest BCUT2D eigenvalue weighted by molar-refractivity contribution is 6.15. The van der Waals surface area contributed by atoms with Crippen LogP contribution in [0.3, 0.4) is 0 Å². The van der Waals surface area contributed by atoms with Gasteiger partial charge in [0.15, 0.2) is 0 Å². The number of hydrogen-bond donors (Lipinski definition) is 0. The molecule has 4 heteroatoms. The van der Waals surface area contributed by atoms with Crippen LogP contribution in [0.5, 0.6) is 0 Å². The molecule has 2 atom stereocenters. The molecule has 1 saturated heterocycles. The lowest BCUT2D eigenvalue weighted by molar-refractivity contribution is -0.124. The summed E-state index contributed by atoms with van der Waals surface area (Å²) in [4.78, 5) is 16.6. The first-order valence-electron chi connectivity index (χ1n) is 3.38. The highest BCUT2D eigenvalue weighted by Gasteiger charge is 2.32. The zero-order valence-electron chi connectivity index (χ0n) is 6.37. The minimum Gasteiger partial charge on any atom is -0.389 e. The van der Waals surface area contributed by atoms with E-state index in [0.29, 0.717) is 6.42 Å². The molecule has 0 aromatic rings. The third kappa shape index (κ3) is 0.937. The van der Waals surface area contributed by atoms with Crippen LogP contribution in [0.4, 0.5) is 0 Å². The second kappa shape index (κ2) is 2.44. The number of carbonyl (C=O) groups is 1. The Hall–Kier alpha value is -0.795. The maximum absolute atomic E-state index is 11.0. The Morgan fingerprint density at radius 2 is 2.50 bits per heavy atom. The first kappa shape index (κ1) is 7.31. The van der Waals surface area contributed by atoms with Gasteiger partial charge in [0.25, 0.3) is 0 Å². The molecule has 54 valence electrons. The number of rotatable bonds is 1. The Bertz CT molecular complexity index is 171. The van der Waals surface area contributed by atoms with Crippen LogP contribution >= 0.6 is 0 Å². The van der Waals surface area contributed by atoms with E-state index in [1.165, 1.54) is 0 Å². The van der Waals surface area contributed by atoms with Crippen LogP contribution in [0.15, 0.2) is 4.99 Å². The summed E-state index contributed by atoms with van der Waals surface area (Å²) in [6.07, 6.45) is 0.529. The molecule has 0 radical (unpaired) electrons. The molecule has 1 amide bonds. The second-order valence-electron chi connectivity index (χ2n) is 2.70. The average molecular weight is 138 g/mol. The molecule has 0 bridgehead atoms. The smallest absolute Gasteiger partial charge is 0.221 e. The molecule has 10 heavy (non-hydrogen) atoms. The monoisotopic (exact) mass is 138 g/mol. The summed E-state index contributed by atoms with van der Waals surface area (Å²) in [7, 11) is 1.80. The van der Waals surface area contributed by atoms with Crippen LogP contribution in [0.25, 0.3) is 0 Å². The number of amides is 1. The molecule has 0 aromatic heterocycles. The molecule has 3 nitrogen and oxygen atoms in total. The molecule has 0 spiro atoms. The summed E-state index contributed by atoms with van der Waals surface area (Å²) in [5.41, 5.74) is 0. The predicted molar refractivity (Wildman–Crippen MR) is 42.8 cm³/mol. The van der Waals surface area contributed by atoms with Crippen molar-refractivity contribution in [2.45, 2.75) is 25.4 Å². The van der Waals surface area contributed by atoms with Crippen LogP contribution in [0.1, 0.15) is 13.3 Å². The van der Waals surface area contributed by atoms with E-state index in [4.69, 9.17) is 0 Å². The highest BCUT2D eigenvalue weighted by Crippen LogP contribution is 2.18. The van der Waals surface area contributed by atoms with E-state index in [1.54, 1.807) is 12.8 Å². The minimum absolute atomic E-state index is 0.109. The fraction of sp³-hybridized carbons (Fsp3) is 0.667. The van der Waals surface area contributed by atoms with E-state index in [9.17, 15) is 4.79 Å². The van der Waals surface area contributed by atoms with Crippen molar-refractivity contribution in [3.8, 4) is 0 Å². The van der Waals surface area contributed by atoms with E-state index in [0.717, 1.165) is 0 Å². The summed E-state index contributed by atoms with van der Waals surface area (Å²) in [5, 5.41) is 0. The Kier molecular flexibility index (Phi) is 1.79. The number of nitrogens with zero attached hydrogens (tertiary/aromatic N) is 2. The van der Waals surface area contributed by atoms with Gasteiger partial charge in [-0.05, 0) is 13.6 Å². The standard InChI is InChI=1S/C6H11BN2O/c1-4-5(8-2)3-6(10)9(4)7/h4-5H,2-3,7H2,1H3. The van der Waals surface area contributed by atoms with Crippen LogP contribution in [0, 0.1) is 0 Å². The summed E-state index contributed by atoms with van der Waals surface area (Å²) in [5.74, 6) is 0.171. The number of aliphatic imine (C=N–C) groups is 1. The van der Waals surface area contributed by atoms with Gasteiger partial charge in [-0.3, -0.25) is 9.79 Å². The van der Waals surface area contributed by atoms with Gasteiger partial charge in [0, 0.05) is 12.5 Å². The van der Waals surface area contributed by atoms with Crippen molar-refractivity contribution in [1.29, 1.82) is 0 Å². The first-order chi connectivity index (χ1) is 4.66. The van der Waals surface area contributed by atoms with Crippen LogP contribution in [-0.4, -0.2) is 37.5 Å². The second-order valence-corrected chi connectivity index (χ2v) is 2.70. The highest BCUT2D eigenvalue weighted by atomic mass is 16.2. The maximum atomic E-state index is 11.0. The van der Waals surface area contributed by atoms with Gasteiger partial charge in [0.05, 0.1) is 6.04 Å². The molecule has 1 aliphatic heterocycles. The molecule has 0 saturated carbocycles. The predicted octanol–water partition coefficient (Wildman–Crippen LogP) is -0.776. The first-order valence-corrected chi connectivity index (χ1v) is 3.38. The molecular weight excluding hydrogens is 127 g/mol. The fourth-order valence-electron chi connectivity index (χ4n) is 1.20. The van der Waals surface area contributed by atoms with Crippen molar-refractivity contribution in [3.05, 3.63) is 0 Å². The third-order valence-electron chi connectivity index (χ3n) is 2.18. The maximum Gasteiger partial charge on any atom is 0.221 e. The van der Waals surface area contributed by atoms with E-state index >= 15 is 0 Å².